The Balaban J connectivity index is 2.25. The number of esters is 1. The molecule has 1 rings (SSSR count). The highest BCUT2D eigenvalue weighted by Gasteiger charge is 2.30. The summed E-state index contributed by atoms with van der Waals surface area (Å²) in [6.07, 6.45) is 0.670. The van der Waals surface area contributed by atoms with E-state index in [-0.39, 0.29) is 19.2 Å². The fourth-order valence-electron chi connectivity index (χ4n) is 1.90. The predicted octanol–water partition coefficient (Wildman–Crippen LogP) is 1.04. The minimum absolute atomic E-state index is 0.0896. The van der Waals surface area contributed by atoms with Crippen molar-refractivity contribution in [1.29, 1.82) is 0 Å². The molecule has 0 aromatic heterocycles. The predicted molar refractivity (Wildman–Crippen MR) is 79.4 cm³/mol. The number of hydrogen-bond donors (Lipinski definition) is 1. The van der Waals surface area contributed by atoms with Gasteiger partial charge < -0.3 is 14.4 Å². The average Bonchev–Trinajstić information content (AvgIpc) is 2.50. The molecule has 0 saturated carbocycles. The molecular formula is C13H26NO7P. The first-order chi connectivity index (χ1) is 10.3. The molecule has 8 nitrogen and oxygen atoms in total. The number of rotatable bonds is 9. The first-order valence-electron chi connectivity index (χ1n) is 7.27. The van der Waals surface area contributed by atoms with E-state index >= 15 is 0 Å². The number of morpholine rings is 1. The SMILES string of the molecule is COP(=O)(O)OCCOC(=O)C(C)(C)CCN1CCOCC1. The summed E-state index contributed by atoms with van der Waals surface area (Å²) >= 11 is 0. The van der Waals surface area contributed by atoms with E-state index < -0.39 is 13.2 Å². The second-order valence-corrected chi connectivity index (χ2v) is 7.27. The van der Waals surface area contributed by atoms with Crippen LogP contribution in [0.3, 0.4) is 0 Å². The van der Waals surface area contributed by atoms with Gasteiger partial charge in [0.05, 0.1) is 25.2 Å². The third-order valence-electron chi connectivity index (χ3n) is 3.51. The van der Waals surface area contributed by atoms with Gasteiger partial charge in [0.2, 0.25) is 0 Å². The van der Waals surface area contributed by atoms with E-state index in [1.165, 1.54) is 0 Å². The number of hydrogen-bond acceptors (Lipinski definition) is 7. The molecule has 9 heteroatoms. The van der Waals surface area contributed by atoms with Gasteiger partial charge in [-0.15, -0.1) is 0 Å². The lowest BCUT2D eigenvalue weighted by Gasteiger charge is -2.30. The number of carbonyl (C=O) groups is 1. The Bertz CT molecular complexity index is 396. The Morgan fingerprint density at radius 1 is 1.32 bits per heavy atom. The van der Waals surface area contributed by atoms with Crippen LogP contribution in [0.15, 0.2) is 0 Å². The van der Waals surface area contributed by atoms with Gasteiger partial charge in [0.15, 0.2) is 0 Å². The van der Waals surface area contributed by atoms with Crippen molar-refractivity contribution in [2.75, 3.05) is 53.2 Å². The van der Waals surface area contributed by atoms with Gasteiger partial charge in [-0.1, -0.05) is 0 Å². The summed E-state index contributed by atoms with van der Waals surface area (Å²) in [7, 11) is -2.94. The maximum atomic E-state index is 12.0. The quantitative estimate of drug-likeness (QED) is 0.378. The maximum Gasteiger partial charge on any atom is 0.472 e. The first kappa shape index (κ1) is 19.5. The zero-order chi connectivity index (χ0) is 16.6. The van der Waals surface area contributed by atoms with Gasteiger partial charge in [-0.25, -0.2) is 4.57 Å². The second-order valence-electron chi connectivity index (χ2n) is 5.71. The summed E-state index contributed by atoms with van der Waals surface area (Å²) in [6, 6.07) is 0. The Morgan fingerprint density at radius 3 is 2.55 bits per heavy atom. The van der Waals surface area contributed by atoms with Crippen molar-refractivity contribution in [3.05, 3.63) is 0 Å². The Kier molecular flexibility index (Phi) is 7.96. The van der Waals surface area contributed by atoms with Gasteiger partial charge in [-0.05, 0) is 26.8 Å². The summed E-state index contributed by atoms with van der Waals surface area (Å²) in [5, 5.41) is 0. The largest absolute Gasteiger partial charge is 0.472 e. The van der Waals surface area contributed by atoms with Gasteiger partial charge in [-0.2, -0.15) is 0 Å². The van der Waals surface area contributed by atoms with Crippen LogP contribution < -0.4 is 0 Å². The van der Waals surface area contributed by atoms with Gasteiger partial charge in [-0.3, -0.25) is 18.7 Å². The molecule has 1 heterocycles. The molecule has 1 aliphatic heterocycles. The minimum Gasteiger partial charge on any atom is -0.463 e. The van der Waals surface area contributed by atoms with Crippen LogP contribution in [-0.4, -0.2) is 68.9 Å². The van der Waals surface area contributed by atoms with Crippen LogP contribution in [0.25, 0.3) is 0 Å². The standard InChI is InChI=1S/C13H26NO7P/c1-13(2,4-5-14-6-8-19-9-7-14)12(15)20-10-11-21-22(16,17)18-3/h4-11H2,1-3H3,(H,16,17). The zero-order valence-electron chi connectivity index (χ0n) is 13.4. The minimum atomic E-state index is -4.02. The second kappa shape index (κ2) is 8.96. The topological polar surface area (TPSA) is 94.5 Å². The zero-order valence-corrected chi connectivity index (χ0v) is 14.3. The molecule has 0 amide bonds. The van der Waals surface area contributed by atoms with Crippen molar-refractivity contribution in [2.45, 2.75) is 20.3 Å². The Labute approximate surface area is 131 Å². The van der Waals surface area contributed by atoms with Gasteiger partial charge in [0.1, 0.15) is 6.61 Å². The lowest BCUT2D eigenvalue weighted by molar-refractivity contribution is -0.155. The van der Waals surface area contributed by atoms with Crippen molar-refractivity contribution < 1.29 is 32.8 Å². The van der Waals surface area contributed by atoms with E-state index in [2.05, 4.69) is 13.9 Å². The van der Waals surface area contributed by atoms with E-state index in [0.29, 0.717) is 6.42 Å². The summed E-state index contributed by atoms with van der Waals surface area (Å²) in [6.45, 7) is 7.37. The van der Waals surface area contributed by atoms with E-state index in [1.807, 2.05) is 13.8 Å². The monoisotopic (exact) mass is 339 g/mol. The van der Waals surface area contributed by atoms with E-state index in [9.17, 15) is 9.36 Å². The van der Waals surface area contributed by atoms with E-state index in [1.54, 1.807) is 0 Å². The normalized spacial score (nSPS) is 19.6. The lowest BCUT2D eigenvalue weighted by atomic mass is 9.89. The van der Waals surface area contributed by atoms with Crippen LogP contribution in [0.2, 0.25) is 0 Å². The number of ether oxygens (including phenoxy) is 2. The molecule has 22 heavy (non-hydrogen) atoms. The molecule has 0 aromatic carbocycles. The Morgan fingerprint density at radius 2 is 1.95 bits per heavy atom. The Hall–Kier alpha value is -0.500. The molecule has 1 saturated heterocycles. The van der Waals surface area contributed by atoms with Crippen LogP contribution in [0.5, 0.6) is 0 Å². The molecule has 1 unspecified atom stereocenters. The smallest absolute Gasteiger partial charge is 0.463 e. The molecule has 0 radical (unpaired) electrons. The lowest BCUT2D eigenvalue weighted by Crippen LogP contribution is -2.39. The summed E-state index contributed by atoms with van der Waals surface area (Å²) in [4.78, 5) is 23.3. The molecule has 1 aliphatic rings. The molecule has 1 N–H and O–H groups in total. The van der Waals surface area contributed by atoms with Crippen LogP contribution in [-0.2, 0) is 27.9 Å². The molecule has 0 aromatic rings. The molecular weight excluding hydrogens is 313 g/mol. The number of phosphoric ester groups is 1. The average molecular weight is 339 g/mol. The molecule has 0 aliphatic carbocycles. The third kappa shape index (κ3) is 7.17. The molecule has 1 fully saturated rings. The molecule has 130 valence electrons. The fourth-order valence-corrected chi connectivity index (χ4v) is 2.31. The van der Waals surface area contributed by atoms with Crippen LogP contribution in [0.1, 0.15) is 20.3 Å². The van der Waals surface area contributed by atoms with Crippen LogP contribution in [0, 0.1) is 5.41 Å². The number of phosphoric acid groups is 1. The summed E-state index contributed by atoms with van der Waals surface area (Å²) in [5.74, 6) is -0.352. The van der Waals surface area contributed by atoms with Crippen molar-refractivity contribution in [3.63, 3.8) is 0 Å². The molecule has 0 spiro atoms. The van der Waals surface area contributed by atoms with Gasteiger partial charge in [0, 0.05) is 20.2 Å². The summed E-state index contributed by atoms with van der Waals surface area (Å²) in [5.41, 5.74) is -0.623. The highest BCUT2D eigenvalue weighted by molar-refractivity contribution is 7.47. The van der Waals surface area contributed by atoms with Crippen molar-refractivity contribution in [3.8, 4) is 0 Å². The van der Waals surface area contributed by atoms with Crippen molar-refractivity contribution in [1.82, 2.24) is 4.90 Å². The van der Waals surface area contributed by atoms with E-state index in [4.69, 9.17) is 14.4 Å². The van der Waals surface area contributed by atoms with Gasteiger partial charge in [0.25, 0.3) is 0 Å². The first-order valence-corrected chi connectivity index (χ1v) is 8.77. The van der Waals surface area contributed by atoms with Crippen LogP contribution >= 0.6 is 7.82 Å². The highest BCUT2D eigenvalue weighted by Crippen LogP contribution is 2.41. The van der Waals surface area contributed by atoms with Crippen molar-refractivity contribution >= 4 is 13.8 Å². The van der Waals surface area contributed by atoms with Gasteiger partial charge >= 0.3 is 13.8 Å². The fraction of sp³-hybridized carbons (Fsp3) is 0.923. The number of nitrogens with zero attached hydrogens (tertiary/aromatic N) is 1. The molecule has 1 atom stereocenters. The highest BCUT2D eigenvalue weighted by atomic mass is 31.2. The van der Waals surface area contributed by atoms with E-state index in [0.717, 1.165) is 40.0 Å². The van der Waals surface area contributed by atoms with Crippen LogP contribution in [0.4, 0.5) is 0 Å². The van der Waals surface area contributed by atoms with Crippen molar-refractivity contribution in [2.24, 2.45) is 5.41 Å². The maximum absolute atomic E-state index is 12.0. The molecule has 0 bridgehead atoms. The number of carbonyl (C=O) groups excluding carboxylic acids is 1. The summed E-state index contributed by atoms with van der Waals surface area (Å²) < 4.78 is 30.3. The third-order valence-corrected chi connectivity index (χ3v) is 4.48.